The van der Waals surface area contributed by atoms with Crippen LogP contribution in [0, 0.1) is 0 Å². The Balaban J connectivity index is 1.66. The van der Waals surface area contributed by atoms with Gasteiger partial charge in [-0.3, -0.25) is 0 Å². The van der Waals surface area contributed by atoms with Crippen LogP contribution in [0.5, 0.6) is 0 Å². The zero-order valence-corrected chi connectivity index (χ0v) is 13.9. The minimum atomic E-state index is 0.123. The van der Waals surface area contributed by atoms with Crippen molar-refractivity contribution in [3.63, 3.8) is 0 Å². The van der Waals surface area contributed by atoms with Crippen LogP contribution < -0.4 is 10.6 Å². The Kier molecular flexibility index (Phi) is 3.25. The van der Waals surface area contributed by atoms with Gasteiger partial charge in [-0.15, -0.1) is 0 Å². The summed E-state index contributed by atoms with van der Waals surface area (Å²) in [5, 5.41) is 7.52. The summed E-state index contributed by atoms with van der Waals surface area (Å²) in [4.78, 5) is 0. The van der Waals surface area contributed by atoms with Crippen LogP contribution in [0.15, 0.2) is 48.0 Å². The van der Waals surface area contributed by atoms with Crippen LogP contribution in [0.1, 0.15) is 41.3 Å². The van der Waals surface area contributed by atoms with Crippen LogP contribution in [-0.2, 0) is 11.2 Å². The maximum Gasteiger partial charge on any atom is 0.101 e. The van der Waals surface area contributed by atoms with E-state index in [1.165, 1.54) is 33.5 Å². The molecule has 24 heavy (non-hydrogen) atoms. The lowest BCUT2D eigenvalue weighted by molar-refractivity contribution is -0.0194. The van der Waals surface area contributed by atoms with Crippen molar-refractivity contribution in [2.75, 3.05) is 18.5 Å². The molecule has 1 aliphatic carbocycles. The third-order valence-corrected chi connectivity index (χ3v) is 5.46. The lowest BCUT2D eigenvalue weighted by Crippen LogP contribution is -2.49. The molecule has 2 aromatic carbocycles. The smallest absolute Gasteiger partial charge is 0.101 e. The molecule has 0 unspecified atom stereocenters. The van der Waals surface area contributed by atoms with Crippen LogP contribution in [0.2, 0.25) is 0 Å². The van der Waals surface area contributed by atoms with Gasteiger partial charge in [-0.2, -0.15) is 0 Å². The summed E-state index contributed by atoms with van der Waals surface area (Å²) in [6.45, 7) is 3.90. The summed E-state index contributed by atoms with van der Waals surface area (Å²) in [6.07, 6.45) is 3.53. The van der Waals surface area contributed by atoms with Gasteiger partial charge in [0.1, 0.15) is 6.10 Å². The second kappa shape index (κ2) is 5.47. The van der Waals surface area contributed by atoms with Gasteiger partial charge in [0.05, 0.1) is 18.7 Å². The Morgan fingerprint density at radius 2 is 1.92 bits per heavy atom. The molecule has 1 fully saturated rings. The lowest BCUT2D eigenvalue weighted by atomic mass is 9.84. The molecule has 2 aromatic rings. The summed E-state index contributed by atoms with van der Waals surface area (Å²) < 4.78 is 6.21. The second-order valence-electron chi connectivity index (χ2n) is 7.07. The van der Waals surface area contributed by atoms with Crippen molar-refractivity contribution >= 4 is 11.8 Å². The predicted octanol–water partition coefficient (Wildman–Crippen LogP) is 3.84. The number of allylic oxidation sites excluding steroid dienone is 1. The van der Waals surface area contributed by atoms with E-state index in [2.05, 4.69) is 66.1 Å². The molecule has 0 bridgehead atoms. The number of hydrogen-bond donors (Lipinski definition) is 2. The molecule has 3 aliphatic rings. The van der Waals surface area contributed by atoms with E-state index in [1.54, 1.807) is 0 Å². The molecule has 0 spiro atoms. The highest BCUT2D eigenvalue weighted by molar-refractivity contribution is 5.79. The van der Waals surface area contributed by atoms with E-state index in [0.717, 1.165) is 19.6 Å². The van der Waals surface area contributed by atoms with E-state index < -0.39 is 0 Å². The Labute approximate surface area is 142 Å². The summed E-state index contributed by atoms with van der Waals surface area (Å²) in [7, 11) is 0. The third-order valence-electron chi connectivity index (χ3n) is 5.46. The molecule has 0 aromatic heterocycles. The van der Waals surface area contributed by atoms with Crippen LogP contribution in [0.4, 0.5) is 5.69 Å². The van der Waals surface area contributed by atoms with Crippen molar-refractivity contribution in [1.82, 2.24) is 5.32 Å². The van der Waals surface area contributed by atoms with Crippen molar-refractivity contribution in [2.24, 2.45) is 0 Å². The average Bonchev–Trinajstić information content (AvgIpc) is 3.02. The second-order valence-corrected chi connectivity index (χ2v) is 7.07. The molecule has 2 aliphatic heterocycles. The number of fused-ring (bicyclic) bond motifs is 5. The highest BCUT2D eigenvalue weighted by Crippen LogP contribution is 2.46. The number of hydrogen-bond acceptors (Lipinski definition) is 3. The number of rotatable bonds is 1. The Morgan fingerprint density at radius 3 is 2.79 bits per heavy atom. The van der Waals surface area contributed by atoms with Crippen molar-refractivity contribution in [3.8, 4) is 0 Å². The molecule has 0 amide bonds. The normalized spacial score (nSPS) is 27.5. The fourth-order valence-electron chi connectivity index (χ4n) is 4.39. The minimum Gasteiger partial charge on any atom is -0.375 e. The van der Waals surface area contributed by atoms with E-state index in [4.69, 9.17) is 4.74 Å². The average molecular weight is 318 g/mol. The summed E-state index contributed by atoms with van der Waals surface area (Å²) in [6, 6.07) is 15.7. The topological polar surface area (TPSA) is 33.3 Å². The molecule has 3 nitrogen and oxygen atoms in total. The number of morpholine rings is 1. The van der Waals surface area contributed by atoms with E-state index in [0.29, 0.717) is 0 Å². The largest absolute Gasteiger partial charge is 0.375 e. The van der Waals surface area contributed by atoms with E-state index in [1.807, 2.05) is 0 Å². The van der Waals surface area contributed by atoms with Crippen LogP contribution in [0.3, 0.4) is 0 Å². The third kappa shape index (κ3) is 2.12. The maximum atomic E-state index is 6.21. The minimum absolute atomic E-state index is 0.123. The molecular formula is C21H22N2O. The SMILES string of the molecule is CC1=Cc2c(ccc3c2N[C@H](c2ccccc2)[C@H]2OCCN[C@H]32)C1. The monoisotopic (exact) mass is 318 g/mol. The van der Waals surface area contributed by atoms with Gasteiger partial charge in [0, 0.05) is 17.8 Å². The molecule has 0 saturated carbocycles. The zero-order chi connectivity index (χ0) is 16.1. The van der Waals surface area contributed by atoms with Gasteiger partial charge < -0.3 is 15.4 Å². The van der Waals surface area contributed by atoms with E-state index in [9.17, 15) is 0 Å². The van der Waals surface area contributed by atoms with Crippen LogP contribution in [-0.4, -0.2) is 19.3 Å². The van der Waals surface area contributed by atoms with Gasteiger partial charge >= 0.3 is 0 Å². The van der Waals surface area contributed by atoms with Gasteiger partial charge in [-0.25, -0.2) is 0 Å². The molecule has 2 N–H and O–H groups in total. The van der Waals surface area contributed by atoms with Gasteiger partial charge in [-0.05, 0) is 30.0 Å². The first-order valence-electron chi connectivity index (χ1n) is 8.81. The Morgan fingerprint density at radius 1 is 1.04 bits per heavy atom. The number of anilines is 1. The standard InChI is InChI=1S/C21H22N2O/c1-13-11-15-7-8-16-19(17(15)12-13)23-18(14-5-3-2-4-6-14)21-20(16)22-9-10-24-21/h2-8,12,18,20-23H,9-11H2,1H3/t18-,20-,21-/m1/s1. The first kappa shape index (κ1) is 14.3. The molecule has 1 saturated heterocycles. The number of ether oxygens (including phenoxy) is 1. The highest BCUT2D eigenvalue weighted by Gasteiger charge is 2.41. The van der Waals surface area contributed by atoms with Crippen molar-refractivity contribution < 1.29 is 4.74 Å². The van der Waals surface area contributed by atoms with Gasteiger partial charge in [0.15, 0.2) is 0 Å². The van der Waals surface area contributed by atoms with Crippen LogP contribution >= 0.6 is 0 Å². The predicted molar refractivity (Wildman–Crippen MR) is 97.1 cm³/mol. The van der Waals surface area contributed by atoms with E-state index in [-0.39, 0.29) is 18.2 Å². The van der Waals surface area contributed by atoms with Gasteiger partial charge in [0.2, 0.25) is 0 Å². The molecule has 2 heterocycles. The molecule has 3 atom stereocenters. The van der Waals surface area contributed by atoms with Crippen molar-refractivity contribution in [2.45, 2.75) is 31.5 Å². The number of benzene rings is 2. The fourth-order valence-corrected chi connectivity index (χ4v) is 4.39. The first-order chi connectivity index (χ1) is 11.8. The Hall–Kier alpha value is -2.10. The number of nitrogens with one attached hydrogen (secondary N) is 2. The van der Waals surface area contributed by atoms with Gasteiger partial charge in [0.25, 0.3) is 0 Å². The zero-order valence-electron chi connectivity index (χ0n) is 13.9. The lowest BCUT2D eigenvalue weighted by Gasteiger charge is -2.44. The molecule has 122 valence electrons. The highest BCUT2D eigenvalue weighted by atomic mass is 16.5. The Bertz CT molecular complexity index is 812. The van der Waals surface area contributed by atoms with E-state index >= 15 is 0 Å². The summed E-state index contributed by atoms with van der Waals surface area (Å²) >= 11 is 0. The summed E-state index contributed by atoms with van der Waals surface area (Å²) in [5.74, 6) is 0. The fraction of sp³-hybridized carbons (Fsp3) is 0.333. The van der Waals surface area contributed by atoms with Crippen molar-refractivity contribution in [1.29, 1.82) is 0 Å². The maximum absolute atomic E-state index is 6.21. The quantitative estimate of drug-likeness (QED) is 0.838. The van der Waals surface area contributed by atoms with Crippen molar-refractivity contribution in [3.05, 3.63) is 70.3 Å². The first-order valence-corrected chi connectivity index (χ1v) is 8.81. The molecule has 0 radical (unpaired) electrons. The van der Waals surface area contributed by atoms with Crippen LogP contribution in [0.25, 0.3) is 6.08 Å². The molecule has 5 rings (SSSR count). The molecular weight excluding hydrogens is 296 g/mol. The van der Waals surface area contributed by atoms with Gasteiger partial charge in [-0.1, -0.05) is 54.1 Å². The summed E-state index contributed by atoms with van der Waals surface area (Å²) in [5.41, 5.74) is 8.16. The molecule has 3 heteroatoms.